The van der Waals surface area contributed by atoms with Gasteiger partial charge in [-0.05, 0) is 35.6 Å². The van der Waals surface area contributed by atoms with E-state index >= 15 is 0 Å². The topological polar surface area (TPSA) is 84.5 Å². The molecule has 0 unspecified atom stereocenters. The quantitative estimate of drug-likeness (QED) is 0.318. The summed E-state index contributed by atoms with van der Waals surface area (Å²) in [5.74, 6) is -0.352. The summed E-state index contributed by atoms with van der Waals surface area (Å²) in [6.07, 6.45) is 4.62. The Bertz CT molecular complexity index is 1150. The van der Waals surface area contributed by atoms with Crippen LogP contribution in [0.1, 0.15) is 36.5 Å². The van der Waals surface area contributed by atoms with Crippen molar-refractivity contribution in [3.63, 3.8) is 0 Å². The van der Waals surface area contributed by atoms with Crippen LogP contribution in [0, 0.1) is 0 Å². The molecule has 37 heavy (non-hydrogen) atoms. The average molecular weight is 499 g/mol. The second-order valence-corrected chi connectivity index (χ2v) is 8.77. The van der Waals surface area contributed by atoms with Crippen LogP contribution in [-0.2, 0) is 33.8 Å². The number of aryl methyl sites for hydroxylation is 1. The number of rotatable bonds is 13. The van der Waals surface area contributed by atoms with Crippen LogP contribution in [0.5, 0.6) is 0 Å². The fourth-order valence-electron chi connectivity index (χ4n) is 3.77. The maximum absolute atomic E-state index is 13.4. The van der Waals surface area contributed by atoms with Crippen LogP contribution < -0.4 is 10.6 Å². The summed E-state index contributed by atoms with van der Waals surface area (Å²) in [7, 11) is 0. The highest BCUT2D eigenvalue weighted by Gasteiger charge is 2.24. The molecular formula is C31H34N2O4. The molecule has 2 amide bonds. The lowest BCUT2D eigenvalue weighted by Gasteiger charge is -2.22. The van der Waals surface area contributed by atoms with Crippen molar-refractivity contribution in [1.29, 1.82) is 0 Å². The smallest absolute Gasteiger partial charge is 0.408 e. The van der Waals surface area contributed by atoms with Gasteiger partial charge in [0.25, 0.3) is 0 Å². The highest BCUT2D eigenvalue weighted by Crippen LogP contribution is 2.09. The number of hydrogen-bond acceptors (Lipinski definition) is 4. The molecule has 0 bridgehead atoms. The predicted octanol–water partition coefficient (Wildman–Crippen LogP) is 5.18. The number of hydrogen-bond donors (Lipinski definition) is 2. The molecule has 3 aromatic carbocycles. The number of amides is 2. The number of ether oxygens (including phenoxy) is 1. The summed E-state index contributed by atoms with van der Waals surface area (Å²) < 4.78 is 5.36. The van der Waals surface area contributed by atoms with E-state index in [1.165, 1.54) is 6.08 Å². The van der Waals surface area contributed by atoms with Crippen LogP contribution in [-0.4, -0.2) is 29.9 Å². The normalized spacial score (nSPS) is 12.5. The molecule has 192 valence electrons. The van der Waals surface area contributed by atoms with Crippen LogP contribution in [0.25, 0.3) is 0 Å². The van der Waals surface area contributed by atoms with Crippen LogP contribution in [0.4, 0.5) is 4.79 Å². The van der Waals surface area contributed by atoms with Gasteiger partial charge in [0.1, 0.15) is 12.6 Å². The van der Waals surface area contributed by atoms with Gasteiger partial charge in [0.15, 0.2) is 5.78 Å². The van der Waals surface area contributed by atoms with Crippen LogP contribution in [0.3, 0.4) is 0 Å². The van der Waals surface area contributed by atoms with E-state index in [1.807, 2.05) is 91.0 Å². The molecule has 6 heteroatoms. The van der Waals surface area contributed by atoms with Crippen LogP contribution in [0.2, 0.25) is 0 Å². The summed E-state index contributed by atoms with van der Waals surface area (Å²) in [6.45, 7) is 1.90. The number of carbonyl (C=O) groups is 3. The molecule has 6 nitrogen and oxygen atoms in total. The standard InChI is InChI=1S/C31H34N2O4/c1-2-28(34)21-20-27(19-18-24-12-6-3-7-13-24)32-30(35)29(22-25-14-8-4-9-15-25)33-31(36)37-23-26-16-10-5-11-17-26/h3-17,20-21,27,29H,2,18-19,22-23H2,1H3,(H,32,35)(H,33,36)/b21-20+/t27-,29-/m0/s1. The lowest BCUT2D eigenvalue weighted by Crippen LogP contribution is -2.50. The molecule has 0 spiro atoms. The molecule has 0 aromatic heterocycles. The molecule has 2 atom stereocenters. The summed E-state index contributed by atoms with van der Waals surface area (Å²) in [4.78, 5) is 37.9. The zero-order valence-electron chi connectivity index (χ0n) is 21.1. The predicted molar refractivity (Wildman–Crippen MR) is 145 cm³/mol. The summed E-state index contributed by atoms with van der Waals surface area (Å²) >= 11 is 0. The van der Waals surface area contributed by atoms with Crippen molar-refractivity contribution in [2.24, 2.45) is 0 Å². The van der Waals surface area contributed by atoms with E-state index in [0.717, 1.165) is 23.1 Å². The minimum atomic E-state index is -0.847. The molecule has 2 N–H and O–H groups in total. The van der Waals surface area contributed by atoms with Crippen molar-refractivity contribution < 1.29 is 19.1 Å². The molecule has 0 saturated heterocycles. The van der Waals surface area contributed by atoms with Crippen molar-refractivity contribution in [2.45, 2.75) is 51.3 Å². The van der Waals surface area contributed by atoms with E-state index in [0.29, 0.717) is 19.3 Å². The first-order valence-electron chi connectivity index (χ1n) is 12.6. The van der Waals surface area contributed by atoms with E-state index in [4.69, 9.17) is 4.74 Å². The number of benzene rings is 3. The zero-order valence-corrected chi connectivity index (χ0v) is 21.1. The molecule has 0 aliphatic carbocycles. The summed E-state index contributed by atoms with van der Waals surface area (Å²) in [5, 5.41) is 5.74. The lowest BCUT2D eigenvalue weighted by molar-refractivity contribution is -0.123. The van der Waals surface area contributed by atoms with E-state index in [1.54, 1.807) is 13.0 Å². The van der Waals surface area contributed by atoms with Crippen LogP contribution >= 0.6 is 0 Å². The SMILES string of the molecule is CCC(=O)/C=C/[C@H](CCc1ccccc1)NC(=O)[C@H](Cc1ccccc1)NC(=O)OCc1ccccc1. The van der Waals surface area contributed by atoms with E-state index in [2.05, 4.69) is 10.6 Å². The van der Waals surface area contributed by atoms with E-state index in [9.17, 15) is 14.4 Å². The van der Waals surface area contributed by atoms with Gasteiger partial charge < -0.3 is 15.4 Å². The van der Waals surface area contributed by atoms with Crippen molar-refractivity contribution >= 4 is 17.8 Å². The number of nitrogens with one attached hydrogen (secondary N) is 2. The van der Waals surface area contributed by atoms with Crippen molar-refractivity contribution in [3.8, 4) is 0 Å². The number of carbonyl (C=O) groups excluding carboxylic acids is 3. The summed E-state index contributed by atoms with van der Waals surface area (Å²) in [5.41, 5.74) is 2.90. The largest absolute Gasteiger partial charge is 0.445 e. The summed E-state index contributed by atoms with van der Waals surface area (Å²) in [6, 6.07) is 27.6. The average Bonchev–Trinajstić information content (AvgIpc) is 2.94. The van der Waals surface area contributed by atoms with Gasteiger partial charge in [-0.15, -0.1) is 0 Å². The van der Waals surface area contributed by atoms with Crippen molar-refractivity contribution in [3.05, 3.63) is 120 Å². The molecule has 0 radical (unpaired) electrons. The van der Waals surface area contributed by atoms with E-state index in [-0.39, 0.29) is 24.3 Å². The lowest BCUT2D eigenvalue weighted by atomic mass is 10.0. The Labute approximate surface area is 218 Å². The van der Waals surface area contributed by atoms with Crippen LogP contribution in [0.15, 0.2) is 103 Å². The number of allylic oxidation sites excluding steroid dienone is 1. The van der Waals surface area contributed by atoms with Gasteiger partial charge in [0, 0.05) is 18.9 Å². The van der Waals surface area contributed by atoms with Crippen molar-refractivity contribution in [2.75, 3.05) is 0 Å². The maximum Gasteiger partial charge on any atom is 0.408 e. The Kier molecular flexibility index (Phi) is 11.1. The minimum Gasteiger partial charge on any atom is -0.445 e. The Balaban J connectivity index is 1.69. The monoisotopic (exact) mass is 498 g/mol. The van der Waals surface area contributed by atoms with Gasteiger partial charge in [-0.25, -0.2) is 4.79 Å². The number of ketones is 1. The molecule has 3 rings (SSSR count). The molecular weight excluding hydrogens is 464 g/mol. The fourth-order valence-corrected chi connectivity index (χ4v) is 3.77. The van der Waals surface area contributed by atoms with Gasteiger partial charge in [-0.2, -0.15) is 0 Å². The first-order chi connectivity index (χ1) is 18.0. The highest BCUT2D eigenvalue weighted by molar-refractivity contribution is 5.90. The molecule has 0 heterocycles. The van der Waals surface area contributed by atoms with Gasteiger partial charge in [0.05, 0.1) is 0 Å². The third-order valence-electron chi connectivity index (χ3n) is 5.88. The maximum atomic E-state index is 13.4. The molecule has 0 aliphatic heterocycles. The minimum absolute atomic E-state index is 0.0117. The second-order valence-electron chi connectivity index (χ2n) is 8.77. The van der Waals surface area contributed by atoms with E-state index < -0.39 is 12.1 Å². The van der Waals surface area contributed by atoms with Gasteiger partial charge in [0.2, 0.25) is 5.91 Å². The molecule has 0 aliphatic rings. The Morgan fingerprint density at radius 1 is 0.784 bits per heavy atom. The first-order valence-corrected chi connectivity index (χ1v) is 12.6. The van der Waals surface area contributed by atoms with Crippen molar-refractivity contribution in [1.82, 2.24) is 10.6 Å². The zero-order chi connectivity index (χ0) is 26.3. The number of alkyl carbamates (subject to hydrolysis) is 1. The first kappa shape index (κ1) is 27.4. The molecule has 0 saturated carbocycles. The van der Waals surface area contributed by atoms with Gasteiger partial charge in [-0.3, -0.25) is 9.59 Å². The Morgan fingerprint density at radius 3 is 1.95 bits per heavy atom. The second kappa shape index (κ2) is 15.0. The Hall–Kier alpha value is -4.19. The molecule has 3 aromatic rings. The molecule has 0 fully saturated rings. The van der Waals surface area contributed by atoms with Gasteiger partial charge in [-0.1, -0.05) is 104 Å². The van der Waals surface area contributed by atoms with Gasteiger partial charge >= 0.3 is 6.09 Å². The highest BCUT2D eigenvalue weighted by atomic mass is 16.5. The fraction of sp³-hybridized carbons (Fsp3) is 0.258. The third-order valence-corrected chi connectivity index (χ3v) is 5.88. The third kappa shape index (κ3) is 10.1. The Morgan fingerprint density at radius 2 is 1.35 bits per heavy atom.